The smallest absolute Gasteiger partial charge is 0.350 e. The molecule has 3 nitrogen and oxygen atoms in total. The molecule has 0 atom stereocenters. The molecular formula is C9H13NO2S. The Morgan fingerprint density at radius 1 is 1.62 bits per heavy atom. The number of carbonyl (C=O) groups excluding carboxylic acids is 1. The van der Waals surface area contributed by atoms with E-state index in [4.69, 9.17) is 0 Å². The van der Waals surface area contributed by atoms with Crippen molar-refractivity contribution in [1.29, 1.82) is 0 Å². The van der Waals surface area contributed by atoms with Crippen molar-refractivity contribution in [3.63, 3.8) is 0 Å². The molecule has 1 rings (SSSR count). The molecule has 72 valence electrons. The van der Waals surface area contributed by atoms with Crippen molar-refractivity contribution in [2.75, 3.05) is 12.4 Å². The fourth-order valence-corrected chi connectivity index (χ4v) is 1.76. The van der Waals surface area contributed by atoms with Crippen molar-refractivity contribution >= 4 is 23.0 Å². The molecule has 0 amide bonds. The third kappa shape index (κ3) is 2.45. The number of hydrogen-bond donors (Lipinski definition) is 1. The first kappa shape index (κ1) is 10.1. The van der Waals surface area contributed by atoms with Crippen LogP contribution in [0.5, 0.6) is 0 Å². The molecule has 0 aliphatic carbocycles. The summed E-state index contributed by atoms with van der Waals surface area (Å²) in [4.78, 5) is 11.9. The van der Waals surface area contributed by atoms with Crippen molar-refractivity contribution in [2.24, 2.45) is 0 Å². The molecule has 0 radical (unpaired) electrons. The maximum absolute atomic E-state index is 11.2. The van der Waals surface area contributed by atoms with Gasteiger partial charge in [-0.1, -0.05) is 0 Å². The summed E-state index contributed by atoms with van der Waals surface area (Å²) in [5, 5.41) is 5.05. The maximum atomic E-state index is 11.2. The van der Waals surface area contributed by atoms with Crippen LogP contribution in [0, 0.1) is 0 Å². The minimum absolute atomic E-state index is 0.279. The van der Waals surface area contributed by atoms with Gasteiger partial charge in [0.2, 0.25) is 0 Å². The Hall–Kier alpha value is -1.03. The van der Waals surface area contributed by atoms with Crippen molar-refractivity contribution < 1.29 is 9.53 Å². The van der Waals surface area contributed by atoms with E-state index in [9.17, 15) is 4.79 Å². The van der Waals surface area contributed by atoms with E-state index in [0.29, 0.717) is 10.9 Å². The highest BCUT2D eigenvalue weighted by Crippen LogP contribution is 2.23. The first-order chi connectivity index (χ1) is 6.15. The summed E-state index contributed by atoms with van der Waals surface area (Å²) in [5.41, 5.74) is 0.854. The topological polar surface area (TPSA) is 38.3 Å². The highest BCUT2D eigenvalue weighted by Gasteiger charge is 2.13. The quantitative estimate of drug-likeness (QED) is 0.759. The molecule has 13 heavy (non-hydrogen) atoms. The minimum atomic E-state index is -0.279. The molecule has 4 heteroatoms. The van der Waals surface area contributed by atoms with Gasteiger partial charge in [-0.3, -0.25) is 0 Å². The van der Waals surface area contributed by atoms with Gasteiger partial charge in [0.1, 0.15) is 4.88 Å². The lowest BCUT2D eigenvalue weighted by molar-refractivity contribution is 0.0607. The zero-order chi connectivity index (χ0) is 9.84. The van der Waals surface area contributed by atoms with Crippen LogP contribution in [0.25, 0.3) is 0 Å². The second kappa shape index (κ2) is 4.28. The summed E-state index contributed by atoms with van der Waals surface area (Å²) < 4.78 is 4.65. The van der Waals surface area contributed by atoms with Crippen LogP contribution in [-0.4, -0.2) is 19.1 Å². The van der Waals surface area contributed by atoms with Gasteiger partial charge in [-0.25, -0.2) is 4.79 Å². The SMILES string of the molecule is COC(=O)c1sccc1NC(C)C. The second-order valence-corrected chi connectivity index (χ2v) is 3.87. The Kier molecular flexibility index (Phi) is 3.31. The monoisotopic (exact) mass is 199 g/mol. The van der Waals surface area contributed by atoms with E-state index in [1.807, 2.05) is 25.3 Å². The molecule has 0 fully saturated rings. The molecule has 1 heterocycles. The number of rotatable bonds is 3. The highest BCUT2D eigenvalue weighted by molar-refractivity contribution is 7.12. The molecule has 1 aromatic heterocycles. The second-order valence-electron chi connectivity index (χ2n) is 2.95. The lowest BCUT2D eigenvalue weighted by Crippen LogP contribution is -2.12. The summed E-state index contributed by atoms with van der Waals surface area (Å²) in [7, 11) is 1.39. The average molecular weight is 199 g/mol. The van der Waals surface area contributed by atoms with Gasteiger partial charge >= 0.3 is 5.97 Å². The summed E-state index contributed by atoms with van der Waals surface area (Å²) in [5.74, 6) is -0.279. The zero-order valence-electron chi connectivity index (χ0n) is 7.96. The molecule has 0 bridgehead atoms. The molecule has 0 unspecified atom stereocenters. The van der Waals surface area contributed by atoms with Crippen molar-refractivity contribution in [1.82, 2.24) is 0 Å². The van der Waals surface area contributed by atoms with Gasteiger partial charge in [-0.15, -0.1) is 11.3 Å². The van der Waals surface area contributed by atoms with Gasteiger partial charge in [0.15, 0.2) is 0 Å². The normalized spacial score (nSPS) is 10.2. The Bertz CT molecular complexity index is 294. The fraction of sp³-hybridized carbons (Fsp3) is 0.444. The van der Waals surface area contributed by atoms with Gasteiger partial charge < -0.3 is 10.1 Å². The van der Waals surface area contributed by atoms with E-state index in [1.165, 1.54) is 18.4 Å². The summed E-state index contributed by atoms with van der Waals surface area (Å²) in [6.45, 7) is 4.05. The minimum Gasteiger partial charge on any atom is -0.465 e. The van der Waals surface area contributed by atoms with E-state index in [0.717, 1.165) is 5.69 Å². The molecule has 0 aromatic carbocycles. The first-order valence-electron chi connectivity index (χ1n) is 4.07. The standard InChI is InChI=1S/C9H13NO2S/c1-6(2)10-7-4-5-13-8(7)9(11)12-3/h4-6,10H,1-3H3. The number of hydrogen-bond acceptors (Lipinski definition) is 4. The van der Waals surface area contributed by atoms with Crippen LogP contribution in [0.2, 0.25) is 0 Å². The number of thiophene rings is 1. The number of ether oxygens (including phenoxy) is 1. The van der Waals surface area contributed by atoms with Crippen molar-refractivity contribution in [3.8, 4) is 0 Å². The van der Waals surface area contributed by atoms with Crippen LogP contribution in [-0.2, 0) is 4.74 Å². The Morgan fingerprint density at radius 2 is 2.31 bits per heavy atom. The van der Waals surface area contributed by atoms with Crippen LogP contribution in [0.4, 0.5) is 5.69 Å². The van der Waals surface area contributed by atoms with Crippen LogP contribution in [0.15, 0.2) is 11.4 Å². The molecule has 1 aromatic rings. The van der Waals surface area contributed by atoms with Gasteiger partial charge in [-0.2, -0.15) is 0 Å². The molecule has 1 N–H and O–H groups in total. The molecule has 0 aliphatic rings. The fourth-order valence-electron chi connectivity index (χ4n) is 0.985. The van der Waals surface area contributed by atoms with Gasteiger partial charge in [-0.05, 0) is 25.3 Å². The largest absolute Gasteiger partial charge is 0.465 e. The molecule has 0 saturated heterocycles. The summed E-state index contributed by atoms with van der Waals surface area (Å²) in [6.07, 6.45) is 0. The van der Waals surface area contributed by atoms with Crippen LogP contribution in [0.1, 0.15) is 23.5 Å². The van der Waals surface area contributed by atoms with Crippen LogP contribution in [0.3, 0.4) is 0 Å². The Morgan fingerprint density at radius 3 is 2.85 bits per heavy atom. The lowest BCUT2D eigenvalue weighted by atomic mass is 10.3. The third-order valence-corrected chi connectivity index (χ3v) is 2.37. The molecular weight excluding hydrogens is 186 g/mol. The molecule has 0 aliphatic heterocycles. The number of nitrogens with one attached hydrogen (secondary N) is 1. The van der Waals surface area contributed by atoms with Gasteiger partial charge in [0, 0.05) is 6.04 Å². The molecule has 0 spiro atoms. The van der Waals surface area contributed by atoms with E-state index in [2.05, 4.69) is 10.1 Å². The van der Waals surface area contributed by atoms with Crippen LogP contribution >= 0.6 is 11.3 Å². The van der Waals surface area contributed by atoms with E-state index in [1.54, 1.807) is 0 Å². The van der Waals surface area contributed by atoms with Crippen LogP contribution < -0.4 is 5.32 Å². The zero-order valence-corrected chi connectivity index (χ0v) is 8.77. The number of carbonyl (C=O) groups is 1. The van der Waals surface area contributed by atoms with E-state index >= 15 is 0 Å². The highest BCUT2D eigenvalue weighted by atomic mass is 32.1. The van der Waals surface area contributed by atoms with E-state index < -0.39 is 0 Å². The average Bonchev–Trinajstić information content (AvgIpc) is 2.50. The predicted octanol–water partition coefficient (Wildman–Crippen LogP) is 2.36. The Balaban J connectivity index is 2.83. The summed E-state index contributed by atoms with van der Waals surface area (Å²) >= 11 is 1.39. The predicted molar refractivity (Wildman–Crippen MR) is 54.4 cm³/mol. The van der Waals surface area contributed by atoms with Gasteiger partial charge in [0.05, 0.1) is 12.8 Å². The van der Waals surface area contributed by atoms with Crippen molar-refractivity contribution in [3.05, 3.63) is 16.3 Å². The van der Waals surface area contributed by atoms with Crippen molar-refractivity contribution in [2.45, 2.75) is 19.9 Å². The molecule has 0 saturated carbocycles. The first-order valence-corrected chi connectivity index (χ1v) is 4.95. The van der Waals surface area contributed by atoms with Gasteiger partial charge in [0.25, 0.3) is 0 Å². The number of methoxy groups -OCH3 is 1. The third-order valence-electron chi connectivity index (χ3n) is 1.48. The van der Waals surface area contributed by atoms with E-state index in [-0.39, 0.29) is 5.97 Å². The number of esters is 1. The lowest BCUT2D eigenvalue weighted by Gasteiger charge is -2.09. The summed E-state index contributed by atoms with van der Waals surface area (Å²) in [6, 6.07) is 2.20. The Labute approximate surface area is 81.7 Å². The number of anilines is 1. The maximum Gasteiger partial charge on any atom is 0.350 e.